The van der Waals surface area contributed by atoms with E-state index in [0.717, 1.165) is 16.6 Å². The van der Waals surface area contributed by atoms with E-state index < -0.39 is 17.8 Å². The number of likely N-dealkylation sites (tertiary alicyclic amines) is 1. The van der Waals surface area contributed by atoms with Crippen molar-refractivity contribution in [3.63, 3.8) is 0 Å². The van der Waals surface area contributed by atoms with E-state index in [1.54, 1.807) is 12.1 Å². The normalized spacial score (nSPS) is 18.6. The Balaban J connectivity index is 1.42. The largest absolute Gasteiger partial charge is 0.496 e. The molecular formula is C24H21BrFN5O4. The number of anilines is 2. The van der Waals surface area contributed by atoms with Gasteiger partial charge in [-0.2, -0.15) is 0 Å². The molecule has 5 rings (SSSR count). The molecule has 0 aliphatic carbocycles. The molecule has 35 heavy (non-hydrogen) atoms. The van der Waals surface area contributed by atoms with E-state index in [1.807, 2.05) is 12.1 Å². The average Bonchev–Trinajstić information content (AvgIpc) is 3.46. The fraction of sp³-hybridized carbons (Fsp3) is 0.250. The number of amides is 2. The summed E-state index contributed by atoms with van der Waals surface area (Å²) in [5, 5.41) is 12.3. The van der Waals surface area contributed by atoms with Crippen molar-refractivity contribution in [1.82, 2.24) is 14.9 Å². The van der Waals surface area contributed by atoms with Crippen molar-refractivity contribution in [3.05, 3.63) is 64.6 Å². The third-order valence-electron chi connectivity index (χ3n) is 6.31. The van der Waals surface area contributed by atoms with Crippen LogP contribution in [-0.2, 0) is 0 Å². The fourth-order valence-electron chi connectivity index (χ4n) is 4.73. The zero-order chi connectivity index (χ0) is 24.7. The molecule has 2 amide bonds. The molecule has 2 aromatic carbocycles. The standard InChI is InChI=1S/C24H21BrFN5O4/c1-35-20-4-2-3-16(26)21(20)22-27-8-7-18(28-22)23(32)29-17-6-5-13(25)9-19(17)30-11-15-10-14(30)12-31(15)24(33)34/h2-9,14-15H,10-12H2,1H3,(H,29,32)(H,33,34)/t14-,15-/m0/s1. The summed E-state index contributed by atoms with van der Waals surface area (Å²) in [5.74, 6) is -0.743. The van der Waals surface area contributed by atoms with Gasteiger partial charge in [0.1, 0.15) is 17.3 Å². The molecule has 2 fully saturated rings. The quantitative estimate of drug-likeness (QED) is 0.497. The Kier molecular flexibility index (Phi) is 6.01. The van der Waals surface area contributed by atoms with Crippen LogP contribution in [0.4, 0.5) is 20.6 Å². The number of hydrogen-bond acceptors (Lipinski definition) is 6. The number of carbonyl (C=O) groups excluding carboxylic acids is 1. The van der Waals surface area contributed by atoms with E-state index >= 15 is 0 Å². The summed E-state index contributed by atoms with van der Waals surface area (Å²) in [6.45, 7) is 0.959. The molecule has 3 heterocycles. The predicted octanol–water partition coefficient (Wildman–Crippen LogP) is 4.25. The third-order valence-corrected chi connectivity index (χ3v) is 6.80. The molecule has 2 aliphatic heterocycles. The molecule has 9 nitrogen and oxygen atoms in total. The first-order valence-corrected chi connectivity index (χ1v) is 11.7. The van der Waals surface area contributed by atoms with Crippen LogP contribution in [0.15, 0.2) is 53.1 Å². The van der Waals surface area contributed by atoms with Gasteiger partial charge in [0, 0.05) is 29.8 Å². The number of ether oxygens (including phenoxy) is 1. The summed E-state index contributed by atoms with van der Waals surface area (Å²) in [6.07, 6.45) is 1.23. The van der Waals surface area contributed by atoms with Gasteiger partial charge in [0.2, 0.25) is 0 Å². The molecule has 180 valence electrons. The molecule has 0 unspecified atom stereocenters. The van der Waals surface area contributed by atoms with Crippen molar-refractivity contribution in [1.29, 1.82) is 0 Å². The van der Waals surface area contributed by atoms with Gasteiger partial charge in [-0.1, -0.05) is 22.0 Å². The Labute approximate surface area is 208 Å². The topological polar surface area (TPSA) is 108 Å². The van der Waals surface area contributed by atoms with Crippen LogP contribution in [0.5, 0.6) is 5.75 Å². The van der Waals surface area contributed by atoms with Gasteiger partial charge in [-0.05, 0) is 42.8 Å². The molecule has 2 aliphatic rings. The lowest BCUT2D eigenvalue weighted by atomic mass is 10.1. The van der Waals surface area contributed by atoms with Crippen molar-refractivity contribution in [2.45, 2.75) is 18.5 Å². The summed E-state index contributed by atoms with van der Waals surface area (Å²) in [6, 6.07) is 11.3. The molecule has 0 saturated carbocycles. The number of nitrogens with zero attached hydrogens (tertiary/aromatic N) is 4. The van der Waals surface area contributed by atoms with Gasteiger partial charge in [0.25, 0.3) is 5.91 Å². The number of aromatic nitrogens is 2. The minimum atomic E-state index is -0.911. The van der Waals surface area contributed by atoms with Crippen LogP contribution < -0.4 is 15.0 Å². The second kappa shape index (κ2) is 9.14. The number of fused-ring (bicyclic) bond motifs is 2. The fourth-order valence-corrected chi connectivity index (χ4v) is 5.08. The number of piperazine rings is 1. The zero-order valence-electron chi connectivity index (χ0n) is 18.6. The lowest BCUT2D eigenvalue weighted by Gasteiger charge is -2.35. The lowest BCUT2D eigenvalue weighted by Crippen LogP contribution is -2.48. The van der Waals surface area contributed by atoms with Gasteiger partial charge in [-0.15, -0.1) is 0 Å². The smallest absolute Gasteiger partial charge is 0.407 e. The van der Waals surface area contributed by atoms with Crippen LogP contribution in [0, 0.1) is 5.82 Å². The van der Waals surface area contributed by atoms with Crippen LogP contribution in [0.2, 0.25) is 0 Å². The maximum atomic E-state index is 14.5. The highest BCUT2D eigenvalue weighted by Crippen LogP contribution is 2.39. The van der Waals surface area contributed by atoms with Crippen molar-refractivity contribution < 1.29 is 23.8 Å². The van der Waals surface area contributed by atoms with E-state index in [2.05, 4.69) is 36.1 Å². The first-order chi connectivity index (χ1) is 16.9. The van der Waals surface area contributed by atoms with Crippen molar-refractivity contribution in [3.8, 4) is 17.1 Å². The van der Waals surface area contributed by atoms with E-state index in [9.17, 15) is 19.1 Å². The highest BCUT2D eigenvalue weighted by Gasteiger charge is 2.46. The Morgan fingerprint density at radius 1 is 1.20 bits per heavy atom. The van der Waals surface area contributed by atoms with E-state index in [1.165, 1.54) is 36.4 Å². The van der Waals surface area contributed by atoms with Crippen LogP contribution in [0.25, 0.3) is 11.4 Å². The number of hydrogen-bond donors (Lipinski definition) is 2. The van der Waals surface area contributed by atoms with E-state index in [4.69, 9.17) is 4.74 Å². The molecule has 0 spiro atoms. The number of nitrogens with one attached hydrogen (secondary N) is 1. The lowest BCUT2D eigenvalue weighted by molar-refractivity contribution is 0.102. The molecule has 1 aromatic heterocycles. The number of carboxylic acid groups (broad SMARTS) is 1. The summed E-state index contributed by atoms with van der Waals surface area (Å²) >= 11 is 3.49. The summed E-state index contributed by atoms with van der Waals surface area (Å²) in [5.41, 5.74) is 1.49. The second-order valence-electron chi connectivity index (χ2n) is 8.33. The van der Waals surface area contributed by atoms with Gasteiger partial charge in [-0.3, -0.25) is 4.79 Å². The van der Waals surface area contributed by atoms with Crippen LogP contribution in [-0.4, -0.2) is 64.3 Å². The van der Waals surface area contributed by atoms with Crippen LogP contribution >= 0.6 is 15.9 Å². The summed E-state index contributed by atoms with van der Waals surface area (Å²) in [7, 11) is 1.42. The van der Waals surface area contributed by atoms with Crippen LogP contribution in [0.1, 0.15) is 16.9 Å². The highest BCUT2D eigenvalue weighted by molar-refractivity contribution is 9.10. The molecule has 2 atom stereocenters. The van der Waals surface area contributed by atoms with Crippen molar-refractivity contribution >= 4 is 39.3 Å². The minimum Gasteiger partial charge on any atom is -0.496 e. The molecule has 3 aromatic rings. The summed E-state index contributed by atoms with van der Waals surface area (Å²) < 4.78 is 20.6. The molecule has 11 heteroatoms. The Hall–Kier alpha value is -3.73. The molecule has 2 saturated heterocycles. The molecule has 2 bridgehead atoms. The maximum absolute atomic E-state index is 14.5. The Bertz CT molecular complexity index is 1320. The zero-order valence-corrected chi connectivity index (χ0v) is 20.2. The SMILES string of the molecule is COc1cccc(F)c1-c1nccc(C(=O)Nc2ccc(Br)cc2N2C[C@@H]3C[C@H]2CN3C(=O)O)n1. The van der Waals surface area contributed by atoms with Crippen molar-refractivity contribution in [2.75, 3.05) is 30.4 Å². The van der Waals surface area contributed by atoms with Gasteiger partial charge in [0.15, 0.2) is 5.82 Å². The van der Waals surface area contributed by atoms with Crippen LogP contribution in [0.3, 0.4) is 0 Å². The number of rotatable bonds is 5. The third kappa shape index (κ3) is 4.27. The number of benzene rings is 2. The van der Waals surface area contributed by atoms with Gasteiger partial charge < -0.3 is 25.0 Å². The second-order valence-corrected chi connectivity index (χ2v) is 9.24. The number of carbonyl (C=O) groups is 2. The van der Waals surface area contributed by atoms with Gasteiger partial charge in [-0.25, -0.2) is 19.2 Å². The average molecular weight is 542 g/mol. The summed E-state index contributed by atoms with van der Waals surface area (Å²) in [4.78, 5) is 36.6. The molecule has 2 N–H and O–H groups in total. The van der Waals surface area contributed by atoms with Crippen molar-refractivity contribution in [2.24, 2.45) is 0 Å². The Morgan fingerprint density at radius 2 is 2.03 bits per heavy atom. The molecule has 0 radical (unpaired) electrons. The monoisotopic (exact) mass is 541 g/mol. The number of methoxy groups -OCH3 is 1. The minimum absolute atomic E-state index is 0.0280. The van der Waals surface area contributed by atoms with Gasteiger partial charge in [0.05, 0.1) is 30.1 Å². The number of halogens is 2. The predicted molar refractivity (Wildman–Crippen MR) is 130 cm³/mol. The first-order valence-electron chi connectivity index (χ1n) is 10.9. The Morgan fingerprint density at radius 3 is 2.74 bits per heavy atom. The molecular weight excluding hydrogens is 521 g/mol. The first kappa shape index (κ1) is 23.0. The highest BCUT2D eigenvalue weighted by atomic mass is 79.9. The maximum Gasteiger partial charge on any atom is 0.407 e. The van der Waals surface area contributed by atoms with E-state index in [-0.39, 0.29) is 34.9 Å². The van der Waals surface area contributed by atoms with Gasteiger partial charge >= 0.3 is 6.09 Å². The van der Waals surface area contributed by atoms with E-state index in [0.29, 0.717) is 18.8 Å².